The normalized spacial score (nSPS) is 11.1. The molecule has 0 spiro atoms. The standard InChI is InChI=1S/C16H24N2O/c1-16(2,3)14-7-8-15(19-4)13(11-14)12-18-10-6-5-9-17/h7-8,11,18H,5-6,10,12H2,1-4H3. The molecule has 1 rings (SSSR count). The van der Waals surface area contributed by atoms with E-state index < -0.39 is 0 Å². The van der Waals surface area contributed by atoms with Crippen LogP contribution in [0.5, 0.6) is 5.75 Å². The highest BCUT2D eigenvalue weighted by molar-refractivity contribution is 5.39. The molecule has 1 N–H and O–H groups in total. The first-order chi connectivity index (χ1) is 8.99. The molecule has 1 aromatic carbocycles. The van der Waals surface area contributed by atoms with E-state index in [0.717, 1.165) is 25.3 Å². The van der Waals surface area contributed by atoms with Crippen molar-refractivity contribution in [3.8, 4) is 11.8 Å². The number of benzene rings is 1. The van der Waals surface area contributed by atoms with E-state index in [0.29, 0.717) is 6.42 Å². The zero-order valence-corrected chi connectivity index (χ0v) is 12.4. The summed E-state index contributed by atoms with van der Waals surface area (Å²) in [6.07, 6.45) is 1.49. The topological polar surface area (TPSA) is 45.0 Å². The Balaban J connectivity index is 2.71. The van der Waals surface area contributed by atoms with E-state index in [1.54, 1.807) is 7.11 Å². The highest BCUT2D eigenvalue weighted by Gasteiger charge is 2.15. The molecule has 0 heterocycles. The van der Waals surface area contributed by atoms with E-state index in [1.807, 2.05) is 6.07 Å². The quantitative estimate of drug-likeness (QED) is 0.797. The summed E-state index contributed by atoms with van der Waals surface area (Å²) in [5.41, 5.74) is 2.62. The number of nitriles is 1. The Labute approximate surface area is 116 Å². The van der Waals surface area contributed by atoms with Crippen molar-refractivity contribution in [1.82, 2.24) is 5.32 Å². The van der Waals surface area contributed by atoms with Crippen molar-refractivity contribution in [1.29, 1.82) is 5.26 Å². The summed E-state index contributed by atoms with van der Waals surface area (Å²) in [5, 5.41) is 11.9. The van der Waals surface area contributed by atoms with Gasteiger partial charge in [0.1, 0.15) is 5.75 Å². The Kier molecular flexibility index (Phi) is 5.85. The summed E-state index contributed by atoms with van der Waals surface area (Å²) in [6.45, 7) is 8.26. The first-order valence-electron chi connectivity index (χ1n) is 6.74. The fourth-order valence-electron chi connectivity index (χ4n) is 1.90. The van der Waals surface area contributed by atoms with Crippen molar-refractivity contribution in [2.45, 2.75) is 45.6 Å². The minimum Gasteiger partial charge on any atom is -0.496 e. The van der Waals surface area contributed by atoms with Gasteiger partial charge in [0.05, 0.1) is 13.2 Å². The zero-order valence-electron chi connectivity index (χ0n) is 12.4. The van der Waals surface area contributed by atoms with Gasteiger partial charge in [-0.15, -0.1) is 0 Å². The maximum atomic E-state index is 8.49. The molecule has 0 fully saturated rings. The Hall–Kier alpha value is -1.53. The van der Waals surface area contributed by atoms with E-state index in [-0.39, 0.29) is 5.41 Å². The van der Waals surface area contributed by atoms with Gasteiger partial charge in [0.2, 0.25) is 0 Å². The molecule has 0 aliphatic heterocycles. The first-order valence-corrected chi connectivity index (χ1v) is 6.74. The van der Waals surface area contributed by atoms with Gasteiger partial charge in [-0.3, -0.25) is 0 Å². The molecular weight excluding hydrogens is 236 g/mol. The minimum absolute atomic E-state index is 0.141. The number of nitrogens with zero attached hydrogens (tertiary/aromatic N) is 1. The van der Waals surface area contributed by atoms with Gasteiger partial charge in [-0.05, 0) is 30.0 Å². The number of methoxy groups -OCH3 is 1. The average Bonchev–Trinajstić information content (AvgIpc) is 2.37. The number of unbranched alkanes of at least 4 members (excludes halogenated alkanes) is 1. The maximum absolute atomic E-state index is 8.49. The van der Waals surface area contributed by atoms with Crippen LogP contribution in [0.1, 0.15) is 44.7 Å². The van der Waals surface area contributed by atoms with E-state index >= 15 is 0 Å². The zero-order chi connectivity index (χ0) is 14.3. The lowest BCUT2D eigenvalue weighted by molar-refractivity contribution is 0.407. The molecule has 0 aliphatic carbocycles. The van der Waals surface area contributed by atoms with Crippen LogP contribution in [0.2, 0.25) is 0 Å². The summed E-state index contributed by atoms with van der Waals surface area (Å²) in [6, 6.07) is 8.52. The van der Waals surface area contributed by atoms with E-state index in [9.17, 15) is 0 Å². The van der Waals surface area contributed by atoms with Crippen LogP contribution in [0.4, 0.5) is 0 Å². The van der Waals surface area contributed by atoms with Gasteiger partial charge in [-0.2, -0.15) is 5.26 Å². The van der Waals surface area contributed by atoms with Gasteiger partial charge in [-0.25, -0.2) is 0 Å². The Morgan fingerprint density at radius 3 is 2.63 bits per heavy atom. The number of rotatable bonds is 6. The fourth-order valence-corrected chi connectivity index (χ4v) is 1.90. The van der Waals surface area contributed by atoms with Crippen molar-refractivity contribution in [2.24, 2.45) is 0 Å². The van der Waals surface area contributed by atoms with Crippen molar-refractivity contribution >= 4 is 0 Å². The molecule has 0 atom stereocenters. The van der Waals surface area contributed by atoms with Crippen molar-refractivity contribution in [3.63, 3.8) is 0 Å². The second kappa shape index (κ2) is 7.16. The lowest BCUT2D eigenvalue weighted by Gasteiger charge is -2.21. The lowest BCUT2D eigenvalue weighted by atomic mass is 9.86. The number of hydrogen-bond donors (Lipinski definition) is 1. The third-order valence-electron chi connectivity index (χ3n) is 3.10. The maximum Gasteiger partial charge on any atom is 0.123 e. The van der Waals surface area contributed by atoms with Crippen LogP contribution in [-0.4, -0.2) is 13.7 Å². The van der Waals surface area contributed by atoms with Gasteiger partial charge in [-0.1, -0.05) is 32.9 Å². The van der Waals surface area contributed by atoms with Gasteiger partial charge >= 0.3 is 0 Å². The van der Waals surface area contributed by atoms with Crippen LogP contribution in [0.25, 0.3) is 0 Å². The molecule has 104 valence electrons. The number of hydrogen-bond acceptors (Lipinski definition) is 3. The molecule has 0 aliphatic rings. The molecule has 3 nitrogen and oxygen atoms in total. The molecule has 0 saturated carbocycles. The third kappa shape index (κ3) is 4.92. The van der Waals surface area contributed by atoms with Crippen molar-refractivity contribution in [2.75, 3.05) is 13.7 Å². The Morgan fingerprint density at radius 1 is 1.32 bits per heavy atom. The largest absolute Gasteiger partial charge is 0.496 e. The summed E-state index contributed by atoms with van der Waals surface area (Å²) >= 11 is 0. The molecule has 0 amide bonds. The molecule has 0 bridgehead atoms. The highest BCUT2D eigenvalue weighted by Crippen LogP contribution is 2.27. The van der Waals surface area contributed by atoms with Crippen molar-refractivity contribution < 1.29 is 4.74 Å². The minimum atomic E-state index is 0.141. The van der Waals surface area contributed by atoms with Gasteiger partial charge in [0.25, 0.3) is 0 Å². The molecule has 0 aromatic heterocycles. The second-order valence-corrected chi connectivity index (χ2v) is 5.72. The molecule has 0 unspecified atom stereocenters. The van der Waals surface area contributed by atoms with E-state index in [2.05, 4.69) is 44.3 Å². The molecule has 0 radical (unpaired) electrons. The Bertz CT molecular complexity index is 441. The fraction of sp³-hybridized carbons (Fsp3) is 0.562. The molecule has 3 heteroatoms. The highest BCUT2D eigenvalue weighted by atomic mass is 16.5. The van der Waals surface area contributed by atoms with Gasteiger partial charge in [0, 0.05) is 18.5 Å². The molecule has 0 saturated heterocycles. The lowest BCUT2D eigenvalue weighted by Crippen LogP contribution is -2.17. The van der Waals surface area contributed by atoms with Crippen molar-refractivity contribution in [3.05, 3.63) is 29.3 Å². The summed E-state index contributed by atoms with van der Waals surface area (Å²) in [7, 11) is 1.70. The van der Waals surface area contributed by atoms with E-state index in [1.165, 1.54) is 11.1 Å². The predicted molar refractivity (Wildman–Crippen MR) is 78.2 cm³/mol. The van der Waals surface area contributed by atoms with Gasteiger partial charge in [0.15, 0.2) is 0 Å². The third-order valence-corrected chi connectivity index (χ3v) is 3.10. The summed E-state index contributed by atoms with van der Waals surface area (Å²) in [5.74, 6) is 0.917. The monoisotopic (exact) mass is 260 g/mol. The van der Waals surface area contributed by atoms with Gasteiger partial charge < -0.3 is 10.1 Å². The summed E-state index contributed by atoms with van der Waals surface area (Å²) < 4.78 is 5.40. The SMILES string of the molecule is COc1ccc(C(C)(C)C)cc1CNCCCC#N. The first kappa shape index (κ1) is 15.5. The second-order valence-electron chi connectivity index (χ2n) is 5.72. The summed E-state index contributed by atoms with van der Waals surface area (Å²) in [4.78, 5) is 0. The van der Waals surface area contributed by atoms with E-state index in [4.69, 9.17) is 10.00 Å². The molecule has 19 heavy (non-hydrogen) atoms. The van der Waals surface area contributed by atoms with Crippen LogP contribution in [-0.2, 0) is 12.0 Å². The molecular formula is C16H24N2O. The van der Waals surface area contributed by atoms with Crippen LogP contribution in [0, 0.1) is 11.3 Å². The van der Waals surface area contributed by atoms with Crippen LogP contribution >= 0.6 is 0 Å². The average molecular weight is 260 g/mol. The van der Waals surface area contributed by atoms with Crippen LogP contribution in [0.15, 0.2) is 18.2 Å². The van der Waals surface area contributed by atoms with Crippen LogP contribution in [0.3, 0.4) is 0 Å². The smallest absolute Gasteiger partial charge is 0.123 e. The number of nitrogens with one attached hydrogen (secondary N) is 1. The Morgan fingerprint density at radius 2 is 2.05 bits per heavy atom. The molecule has 1 aromatic rings. The number of ether oxygens (including phenoxy) is 1. The predicted octanol–water partition coefficient (Wildman–Crippen LogP) is 3.39. The van der Waals surface area contributed by atoms with Crippen LogP contribution < -0.4 is 10.1 Å².